The van der Waals surface area contributed by atoms with Crippen molar-refractivity contribution >= 4 is 34.5 Å². The molecule has 0 aliphatic carbocycles. The van der Waals surface area contributed by atoms with Crippen molar-refractivity contribution in [3.05, 3.63) is 34.3 Å². The first kappa shape index (κ1) is 16.4. The van der Waals surface area contributed by atoms with Crippen LogP contribution < -0.4 is 15.0 Å². The standard InChI is InChI=1S/C17H19N3O3S/c1-10-15(24-9-18-10)6-7-16(21)19-12-4-5-14-13(8-12)20(3)17(22)11(2)23-14/h4-5,8-9,11H,6-7H2,1-3H3,(H,19,21). The van der Waals surface area contributed by atoms with Gasteiger partial charge in [-0.2, -0.15) is 0 Å². The minimum absolute atomic E-state index is 0.0678. The Morgan fingerprint density at radius 3 is 2.96 bits per heavy atom. The van der Waals surface area contributed by atoms with Crippen molar-refractivity contribution in [2.24, 2.45) is 0 Å². The Bertz CT molecular complexity index is 787. The third-order valence-electron chi connectivity index (χ3n) is 4.01. The summed E-state index contributed by atoms with van der Waals surface area (Å²) < 4.78 is 5.57. The van der Waals surface area contributed by atoms with Gasteiger partial charge < -0.3 is 15.0 Å². The van der Waals surface area contributed by atoms with E-state index in [1.807, 2.05) is 6.92 Å². The smallest absolute Gasteiger partial charge is 0.267 e. The molecular formula is C17H19N3O3S. The maximum absolute atomic E-state index is 12.1. The highest BCUT2D eigenvalue weighted by Crippen LogP contribution is 2.35. The third kappa shape index (κ3) is 3.26. The summed E-state index contributed by atoms with van der Waals surface area (Å²) in [6, 6.07) is 5.32. The fourth-order valence-corrected chi connectivity index (χ4v) is 3.39. The Morgan fingerprint density at radius 2 is 2.25 bits per heavy atom. The maximum atomic E-state index is 12.1. The molecule has 24 heavy (non-hydrogen) atoms. The van der Waals surface area contributed by atoms with Crippen molar-refractivity contribution in [3.63, 3.8) is 0 Å². The van der Waals surface area contributed by atoms with Gasteiger partial charge in [-0.25, -0.2) is 4.98 Å². The zero-order valence-electron chi connectivity index (χ0n) is 13.8. The number of carbonyl (C=O) groups excluding carboxylic acids is 2. The van der Waals surface area contributed by atoms with Crippen LogP contribution in [0.2, 0.25) is 0 Å². The van der Waals surface area contributed by atoms with Crippen LogP contribution in [0.15, 0.2) is 23.7 Å². The van der Waals surface area contributed by atoms with Crippen LogP contribution in [-0.4, -0.2) is 29.9 Å². The average Bonchev–Trinajstić information content (AvgIpc) is 2.97. The minimum Gasteiger partial charge on any atom is -0.479 e. The molecule has 1 aliphatic rings. The van der Waals surface area contributed by atoms with E-state index < -0.39 is 6.10 Å². The highest BCUT2D eigenvalue weighted by atomic mass is 32.1. The summed E-state index contributed by atoms with van der Waals surface area (Å²) in [4.78, 5) is 31.0. The highest BCUT2D eigenvalue weighted by molar-refractivity contribution is 7.09. The Kier molecular flexibility index (Phi) is 4.53. The van der Waals surface area contributed by atoms with Crippen molar-refractivity contribution in [1.29, 1.82) is 0 Å². The zero-order chi connectivity index (χ0) is 17.3. The van der Waals surface area contributed by atoms with Crippen LogP contribution in [0.5, 0.6) is 5.75 Å². The normalized spacial score (nSPS) is 16.5. The lowest BCUT2D eigenvalue weighted by atomic mass is 10.1. The van der Waals surface area contributed by atoms with Crippen LogP contribution in [0.4, 0.5) is 11.4 Å². The van der Waals surface area contributed by atoms with Gasteiger partial charge in [0.05, 0.1) is 16.9 Å². The maximum Gasteiger partial charge on any atom is 0.267 e. The molecule has 2 aromatic rings. The van der Waals surface area contributed by atoms with Crippen molar-refractivity contribution in [2.75, 3.05) is 17.3 Å². The minimum atomic E-state index is -0.495. The lowest BCUT2D eigenvalue weighted by Crippen LogP contribution is -2.41. The van der Waals surface area contributed by atoms with Gasteiger partial charge in [0.2, 0.25) is 5.91 Å². The zero-order valence-corrected chi connectivity index (χ0v) is 14.6. The number of hydrogen-bond donors (Lipinski definition) is 1. The second-order valence-corrected chi connectivity index (χ2v) is 6.69. The number of fused-ring (bicyclic) bond motifs is 1. The molecule has 0 saturated heterocycles. The van der Waals surface area contributed by atoms with Crippen LogP contribution in [0, 0.1) is 6.92 Å². The largest absolute Gasteiger partial charge is 0.479 e. The summed E-state index contributed by atoms with van der Waals surface area (Å²) in [6.45, 7) is 3.67. The molecule has 0 fully saturated rings. The molecule has 2 amide bonds. The van der Waals surface area contributed by atoms with Crippen molar-refractivity contribution < 1.29 is 14.3 Å². The first-order chi connectivity index (χ1) is 11.5. The van der Waals surface area contributed by atoms with E-state index in [0.717, 1.165) is 10.6 Å². The molecule has 0 spiro atoms. The monoisotopic (exact) mass is 345 g/mol. The molecule has 1 aliphatic heterocycles. The SMILES string of the molecule is Cc1ncsc1CCC(=O)Nc1ccc2c(c1)N(C)C(=O)C(C)O2. The van der Waals surface area contributed by atoms with E-state index in [1.165, 1.54) is 0 Å². The lowest BCUT2D eigenvalue weighted by Gasteiger charge is -2.30. The van der Waals surface area contributed by atoms with Gasteiger partial charge in [0.25, 0.3) is 5.91 Å². The Hall–Kier alpha value is -2.41. The van der Waals surface area contributed by atoms with E-state index in [2.05, 4.69) is 10.3 Å². The summed E-state index contributed by atoms with van der Waals surface area (Å²) >= 11 is 1.57. The molecule has 7 heteroatoms. The number of hydrogen-bond acceptors (Lipinski definition) is 5. The van der Waals surface area contributed by atoms with Crippen molar-refractivity contribution in [2.45, 2.75) is 32.8 Å². The number of aryl methyl sites for hydroxylation is 2. The number of amides is 2. The molecule has 1 atom stereocenters. The van der Waals surface area contributed by atoms with Crippen LogP contribution in [0.3, 0.4) is 0 Å². The molecule has 1 unspecified atom stereocenters. The molecule has 0 radical (unpaired) electrons. The first-order valence-electron chi connectivity index (χ1n) is 7.73. The van der Waals surface area contributed by atoms with Gasteiger partial charge in [-0.3, -0.25) is 9.59 Å². The number of benzene rings is 1. The van der Waals surface area contributed by atoms with Gasteiger partial charge in [-0.1, -0.05) is 0 Å². The third-order valence-corrected chi connectivity index (χ3v) is 5.00. The average molecular weight is 345 g/mol. The summed E-state index contributed by atoms with van der Waals surface area (Å²) in [5.41, 5.74) is 4.08. The summed E-state index contributed by atoms with van der Waals surface area (Å²) in [5, 5.41) is 2.87. The van der Waals surface area contributed by atoms with E-state index in [0.29, 0.717) is 30.0 Å². The topological polar surface area (TPSA) is 71.5 Å². The van der Waals surface area contributed by atoms with Crippen LogP contribution in [-0.2, 0) is 16.0 Å². The molecule has 6 nitrogen and oxygen atoms in total. The van der Waals surface area contributed by atoms with Gasteiger partial charge in [0.15, 0.2) is 6.10 Å². The van der Waals surface area contributed by atoms with E-state index >= 15 is 0 Å². The van der Waals surface area contributed by atoms with Crippen molar-refractivity contribution in [1.82, 2.24) is 4.98 Å². The predicted octanol–water partition coefficient (Wildman–Crippen LogP) is 2.77. The number of nitrogens with one attached hydrogen (secondary N) is 1. The number of aromatic nitrogens is 1. The Labute approximate surface area is 144 Å². The molecule has 1 N–H and O–H groups in total. The van der Waals surface area contributed by atoms with E-state index in [1.54, 1.807) is 53.9 Å². The number of thiazole rings is 1. The number of rotatable bonds is 4. The first-order valence-corrected chi connectivity index (χ1v) is 8.60. The number of ether oxygens (including phenoxy) is 1. The van der Waals surface area contributed by atoms with Gasteiger partial charge >= 0.3 is 0 Å². The molecule has 0 saturated carbocycles. The molecule has 1 aromatic heterocycles. The van der Waals surface area contributed by atoms with Crippen LogP contribution in [0.25, 0.3) is 0 Å². The van der Waals surface area contributed by atoms with Gasteiger partial charge in [0.1, 0.15) is 5.75 Å². The quantitative estimate of drug-likeness (QED) is 0.925. The van der Waals surface area contributed by atoms with E-state index in [9.17, 15) is 9.59 Å². The van der Waals surface area contributed by atoms with Gasteiger partial charge in [-0.15, -0.1) is 11.3 Å². The molecule has 0 bridgehead atoms. The fourth-order valence-electron chi connectivity index (χ4n) is 2.61. The summed E-state index contributed by atoms with van der Waals surface area (Å²) in [6.07, 6.45) is 0.569. The summed E-state index contributed by atoms with van der Waals surface area (Å²) in [7, 11) is 1.71. The highest BCUT2D eigenvalue weighted by Gasteiger charge is 2.29. The molecule has 3 rings (SSSR count). The molecular weight excluding hydrogens is 326 g/mol. The second kappa shape index (κ2) is 6.60. The molecule has 2 heterocycles. The molecule has 1 aromatic carbocycles. The van der Waals surface area contributed by atoms with Gasteiger partial charge in [0, 0.05) is 24.0 Å². The lowest BCUT2D eigenvalue weighted by molar-refractivity contribution is -0.125. The van der Waals surface area contributed by atoms with E-state index in [-0.39, 0.29) is 11.8 Å². The fraction of sp³-hybridized carbons (Fsp3) is 0.353. The van der Waals surface area contributed by atoms with Crippen molar-refractivity contribution in [3.8, 4) is 5.75 Å². The number of anilines is 2. The number of nitrogens with zero attached hydrogens (tertiary/aromatic N) is 2. The Balaban J connectivity index is 1.67. The number of carbonyl (C=O) groups is 2. The Morgan fingerprint density at radius 1 is 1.46 bits per heavy atom. The number of likely N-dealkylation sites (N-methyl/N-ethyl adjacent to an activating group) is 1. The van der Waals surface area contributed by atoms with Crippen LogP contribution in [0.1, 0.15) is 23.9 Å². The van der Waals surface area contributed by atoms with Crippen LogP contribution >= 0.6 is 11.3 Å². The molecule has 126 valence electrons. The second-order valence-electron chi connectivity index (χ2n) is 5.75. The summed E-state index contributed by atoms with van der Waals surface area (Å²) in [5.74, 6) is 0.469. The predicted molar refractivity (Wildman–Crippen MR) is 93.7 cm³/mol. The van der Waals surface area contributed by atoms with Gasteiger partial charge in [-0.05, 0) is 38.5 Å². The van der Waals surface area contributed by atoms with E-state index in [4.69, 9.17) is 4.74 Å².